The molecule has 1 amide bonds. The minimum Gasteiger partial charge on any atom is -0.270 e. The Kier molecular flexibility index (Phi) is 3.32. The maximum atomic E-state index is 14.1. The molecule has 0 saturated heterocycles. The SMILES string of the molecule is C[C@](F)(C(=O)NS(C)(=O)=O)c1ccccc1. The molecule has 6 heteroatoms. The summed E-state index contributed by atoms with van der Waals surface area (Å²) in [6, 6.07) is 7.65. The zero-order valence-electron chi connectivity index (χ0n) is 8.90. The fourth-order valence-corrected chi connectivity index (χ4v) is 1.67. The van der Waals surface area contributed by atoms with Gasteiger partial charge in [0, 0.05) is 0 Å². The van der Waals surface area contributed by atoms with Gasteiger partial charge in [-0.2, -0.15) is 0 Å². The van der Waals surface area contributed by atoms with Gasteiger partial charge in [0.05, 0.1) is 6.26 Å². The highest BCUT2D eigenvalue weighted by molar-refractivity contribution is 7.89. The van der Waals surface area contributed by atoms with Crippen LogP contribution in [0.3, 0.4) is 0 Å². The highest BCUT2D eigenvalue weighted by atomic mass is 32.2. The molecule has 1 rings (SSSR count). The molecule has 1 aromatic rings. The van der Waals surface area contributed by atoms with E-state index in [2.05, 4.69) is 0 Å². The minimum atomic E-state index is -3.75. The van der Waals surface area contributed by atoms with Crippen molar-refractivity contribution >= 4 is 15.9 Å². The van der Waals surface area contributed by atoms with Gasteiger partial charge in [-0.05, 0) is 12.5 Å². The van der Waals surface area contributed by atoms with E-state index < -0.39 is 21.6 Å². The lowest BCUT2D eigenvalue weighted by Gasteiger charge is -2.19. The standard InChI is InChI=1S/C10H12FNO3S/c1-10(11,8-6-4-3-5-7-8)9(13)12-16(2,14)15/h3-7H,1-2H3,(H,12,13)/t10-/m1/s1. The maximum absolute atomic E-state index is 14.1. The molecule has 0 spiro atoms. The van der Waals surface area contributed by atoms with Crippen LogP contribution in [-0.4, -0.2) is 20.6 Å². The van der Waals surface area contributed by atoms with Gasteiger partial charge < -0.3 is 0 Å². The van der Waals surface area contributed by atoms with Gasteiger partial charge >= 0.3 is 0 Å². The smallest absolute Gasteiger partial charge is 0.270 e. The number of nitrogens with one attached hydrogen (secondary N) is 1. The van der Waals surface area contributed by atoms with Gasteiger partial charge in [0.15, 0.2) is 0 Å². The quantitative estimate of drug-likeness (QED) is 0.862. The zero-order chi connectivity index (χ0) is 12.4. The first-order chi connectivity index (χ1) is 7.23. The first-order valence-corrected chi connectivity index (χ1v) is 6.39. The Bertz CT molecular complexity index is 482. The van der Waals surface area contributed by atoms with E-state index in [-0.39, 0.29) is 5.56 Å². The normalized spacial score (nSPS) is 15.2. The highest BCUT2D eigenvalue weighted by Crippen LogP contribution is 2.25. The molecule has 0 fully saturated rings. The summed E-state index contributed by atoms with van der Waals surface area (Å²) >= 11 is 0. The van der Waals surface area contributed by atoms with Crippen LogP contribution in [0.15, 0.2) is 30.3 Å². The molecule has 0 aliphatic rings. The van der Waals surface area contributed by atoms with Crippen LogP contribution in [0.5, 0.6) is 0 Å². The lowest BCUT2D eigenvalue weighted by Crippen LogP contribution is -2.41. The van der Waals surface area contributed by atoms with E-state index in [1.165, 1.54) is 12.1 Å². The highest BCUT2D eigenvalue weighted by Gasteiger charge is 2.36. The third kappa shape index (κ3) is 3.03. The average molecular weight is 245 g/mol. The summed E-state index contributed by atoms with van der Waals surface area (Å²) in [5.74, 6) is -1.19. The molecule has 0 unspecified atom stereocenters. The summed E-state index contributed by atoms with van der Waals surface area (Å²) in [4.78, 5) is 11.4. The molecule has 0 saturated carbocycles. The minimum absolute atomic E-state index is 0.108. The zero-order valence-corrected chi connectivity index (χ0v) is 9.71. The van der Waals surface area contributed by atoms with Crippen LogP contribution < -0.4 is 4.72 Å². The predicted molar refractivity (Wildman–Crippen MR) is 57.9 cm³/mol. The van der Waals surface area contributed by atoms with Crippen LogP contribution in [0.4, 0.5) is 4.39 Å². The first-order valence-electron chi connectivity index (χ1n) is 4.50. The number of amides is 1. The third-order valence-corrected chi connectivity index (χ3v) is 2.58. The van der Waals surface area contributed by atoms with Gasteiger partial charge in [0.2, 0.25) is 15.7 Å². The van der Waals surface area contributed by atoms with Gasteiger partial charge in [0.1, 0.15) is 0 Å². The largest absolute Gasteiger partial charge is 0.275 e. The van der Waals surface area contributed by atoms with Gasteiger partial charge in [-0.25, -0.2) is 12.8 Å². The topological polar surface area (TPSA) is 63.2 Å². The summed E-state index contributed by atoms with van der Waals surface area (Å²) in [5.41, 5.74) is -2.26. The van der Waals surface area contributed by atoms with Crippen LogP contribution in [0.1, 0.15) is 12.5 Å². The summed E-state index contributed by atoms with van der Waals surface area (Å²) < 4.78 is 37.3. The van der Waals surface area contributed by atoms with Crippen molar-refractivity contribution < 1.29 is 17.6 Å². The number of hydrogen-bond donors (Lipinski definition) is 1. The Hall–Kier alpha value is -1.43. The second-order valence-electron chi connectivity index (χ2n) is 3.57. The van der Waals surface area contributed by atoms with E-state index in [0.29, 0.717) is 0 Å². The van der Waals surface area contributed by atoms with Crippen LogP contribution >= 0.6 is 0 Å². The van der Waals surface area contributed by atoms with Crippen molar-refractivity contribution in [1.82, 2.24) is 4.72 Å². The molecule has 1 atom stereocenters. The number of rotatable bonds is 3. The van der Waals surface area contributed by atoms with Gasteiger partial charge in [-0.15, -0.1) is 0 Å². The molecule has 4 nitrogen and oxygen atoms in total. The number of sulfonamides is 1. The fraction of sp³-hybridized carbons (Fsp3) is 0.300. The molecule has 16 heavy (non-hydrogen) atoms. The monoisotopic (exact) mass is 245 g/mol. The Morgan fingerprint density at radius 3 is 2.25 bits per heavy atom. The van der Waals surface area contributed by atoms with Gasteiger partial charge in [-0.1, -0.05) is 30.3 Å². The van der Waals surface area contributed by atoms with Gasteiger partial charge in [0.25, 0.3) is 5.91 Å². The van der Waals surface area contributed by atoms with Crippen molar-refractivity contribution in [3.8, 4) is 0 Å². The Balaban J connectivity index is 2.99. The first kappa shape index (κ1) is 12.6. The molecule has 0 bridgehead atoms. The van der Waals surface area contributed by atoms with Crippen molar-refractivity contribution in [2.24, 2.45) is 0 Å². The number of alkyl halides is 1. The molecule has 0 radical (unpaired) electrons. The molecule has 88 valence electrons. The summed E-state index contributed by atoms with van der Waals surface area (Å²) in [5, 5.41) is 0. The Morgan fingerprint density at radius 2 is 1.81 bits per heavy atom. The summed E-state index contributed by atoms with van der Waals surface area (Å²) in [7, 11) is -3.75. The second kappa shape index (κ2) is 4.21. The van der Waals surface area contributed by atoms with Crippen molar-refractivity contribution in [2.75, 3.05) is 6.26 Å². The molecule has 0 heterocycles. The molecule has 0 aliphatic carbocycles. The third-order valence-electron chi connectivity index (χ3n) is 2.02. The number of benzene rings is 1. The molecule has 1 aromatic carbocycles. The average Bonchev–Trinajstić information content (AvgIpc) is 2.16. The van der Waals surface area contributed by atoms with E-state index in [0.717, 1.165) is 13.2 Å². The van der Waals surface area contributed by atoms with Crippen LogP contribution in [0.2, 0.25) is 0 Å². The van der Waals surface area contributed by atoms with Crippen LogP contribution in [-0.2, 0) is 20.5 Å². The number of carbonyl (C=O) groups is 1. The molecular weight excluding hydrogens is 233 g/mol. The predicted octanol–water partition coefficient (Wildman–Crippen LogP) is 0.947. The van der Waals surface area contributed by atoms with E-state index in [1.54, 1.807) is 22.9 Å². The lowest BCUT2D eigenvalue weighted by molar-refractivity contribution is -0.130. The fourth-order valence-electron chi connectivity index (χ4n) is 1.15. The van der Waals surface area contributed by atoms with Crippen LogP contribution in [0.25, 0.3) is 0 Å². The maximum Gasteiger partial charge on any atom is 0.275 e. The van der Waals surface area contributed by atoms with Crippen molar-refractivity contribution in [2.45, 2.75) is 12.6 Å². The van der Waals surface area contributed by atoms with E-state index in [4.69, 9.17) is 0 Å². The molecular formula is C10H12FNO3S. The number of halogens is 1. The van der Waals surface area contributed by atoms with Gasteiger partial charge in [-0.3, -0.25) is 9.52 Å². The van der Waals surface area contributed by atoms with Crippen molar-refractivity contribution in [1.29, 1.82) is 0 Å². The molecule has 1 N–H and O–H groups in total. The van der Waals surface area contributed by atoms with E-state index >= 15 is 0 Å². The van der Waals surface area contributed by atoms with Crippen LogP contribution in [0, 0.1) is 0 Å². The molecule has 0 aromatic heterocycles. The number of hydrogen-bond acceptors (Lipinski definition) is 3. The molecule has 0 aliphatic heterocycles. The van der Waals surface area contributed by atoms with E-state index in [1.807, 2.05) is 0 Å². The Labute approximate surface area is 93.5 Å². The summed E-state index contributed by atoms with van der Waals surface area (Å²) in [6.07, 6.45) is 0.798. The van der Waals surface area contributed by atoms with Crippen molar-refractivity contribution in [3.05, 3.63) is 35.9 Å². The lowest BCUT2D eigenvalue weighted by atomic mass is 9.98. The van der Waals surface area contributed by atoms with Crippen molar-refractivity contribution in [3.63, 3.8) is 0 Å². The van der Waals surface area contributed by atoms with E-state index in [9.17, 15) is 17.6 Å². The Morgan fingerprint density at radius 1 is 1.31 bits per heavy atom. The summed E-state index contributed by atoms with van der Waals surface area (Å²) in [6.45, 7) is 1.02. The second-order valence-corrected chi connectivity index (χ2v) is 5.32. The number of carbonyl (C=O) groups excluding carboxylic acids is 1.